The van der Waals surface area contributed by atoms with E-state index in [-0.39, 0.29) is 0 Å². The topological polar surface area (TPSA) is 69.0 Å². The van der Waals surface area contributed by atoms with E-state index in [4.69, 9.17) is 4.74 Å². The lowest BCUT2D eigenvalue weighted by Crippen LogP contribution is -2.27. The van der Waals surface area contributed by atoms with Gasteiger partial charge in [-0.2, -0.15) is 5.10 Å². The zero-order valence-corrected chi connectivity index (χ0v) is 12.0. The normalized spacial score (nSPS) is 11.2. The molecule has 6 heteroatoms. The van der Waals surface area contributed by atoms with Crippen molar-refractivity contribution in [2.45, 2.75) is 26.4 Å². The summed E-state index contributed by atoms with van der Waals surface area (Å²) >= 11 is 0. The summed E-state index contributed by atoms with van der Waals surface area (Å²) in [6.07, 6.45) is 2.95. The summed E-state index contributed by atoms with van der Waals surface area (Å²) in [7, 11) is 1.85. The summed E-state index contributed by atoms with van der Waals surface area (Å²) in [5.41, 5.74) is 1.16. The van der Waals surface area contributed by atoms with Crippen molar-refractivity contribution in [1.29, 1.82) is 0 Å². The maximum Gasteiger partial charge on any atom is 0.413 e. The number of ether oxygens (including phenoxy) is 1. The van der Waals surface area contributed by atoms with Crippen molar-refractivity contribution in [3.05, 3.63) is 30.6 Å². The van der Waals surface area contributed by atoms with E-state index in [0.717, 1.165) is 11.3 Å². The first-order chi connectivity index (χ1) is 9.33. The molecule has 1 amide bonds. The summed E-state index contributed by atoms with van der Waals surface area (Å²) < 4.78 is 6.90. The molecule has 0 aliphatic rings. The number of aromatic nitrogens is 3. The Bertz CT molecular complexity index is 614. The standard InChI is InChI=1S/C14H18N4O2/c1-14(2,3)20-13(19)16-12-9-10(5-7-15-12)11-6-8-18(4)17-11/h5-9H,1-4H3,(H,15,16,19). The van der Waals surface area contributed by atoms with Crippen molar-refractivity contribution in [3.8, 4) is 11.3 Å². The molecule has 0 saturated carbocycles. The lowest BCUT2D eigenvalue weighted by molar-refractivity contribution is 0.0635. The van der Waals surface area contributed by atoms with Gasteiger partial charge in [-0.3, -0.25) is 10.00 Å². The van der Waals surface area contributed by atoms with Gasteiger partial charge in [0, 0.05) is 25.0 Å². The molecule has 0 aromatic carbocycles. The molecule has 0 atom stereocenters. The zero-order valence-electron chi connectivity index (χ0n) is 12.0. The summed E-state index contributed by atoms with van der Waals surface area (Å²) in [5.74, 6) is 0.433. The van der Waals surface area contributed by atoms with Crippen molar-refractivity contribution in [2.75, 3.05) is 5.32 Å². The van der Waals surface area contributed by atoms with E-state index in [9.17, 15) is 4.79 Å². The predicted octanol–water partition coefficient (Wildman–Crippen LogP) is 2.83. The van der Waals surface area contributed by atoms with Crippen LogP contribution in [0.4, 0.5) is 10.6 Å². The van der Waals surface area contributed by atoms with Crippen LogP contribution in [-0.2, 0) is 11.8 Å². The van der Waals surface area contributed by atoms with Crippen LogP contribution in [0.5, 0.6) is 0 Å². The molecule has 2 rings (SSSR count). The van der Waals surface area contributed by atoms with Crippen LogP contribution in [0.3, 0.4) is 0 Å². The Morgan fingerprint density at radius 1 is 1.35 bits per heavy atom. The summed E-state index contributed by atoms with van der Waals surface area (Å²) in [6.45, 7) is 5.43. The number of carbonyl (C=O) groups excluding carboxylic acids is 1. The van der Waals surface area contributed by atoms with Gasteiger partial charge in [-0.15, -0.1) is 0 Å². The fourth-order valence-electron chi connectivity index (χ4n) is 1.64. The minimum absolute atomic E-state index is 0.433. The third kappa shape index (κ3) is 3.81. The van der Waals surface area contributed by atoms with Gasteiger partial charge in [0.15, 0.2) is 0 Å². The quantitative estimate of drug-likeness (QED) is 0.914. The van der Waals surface area contributed by atoms with Crippen LogP contribution in [-0.4, -0.2) is 26.5 Å². The maximum atomic E-state index is 11.7. The highest BCUT2D eigenvalue weighted by molar-refractivity contribution is 5.84. The molecule has 0 unspecified atom stereocenters. The number of hydrogen-bond acceptors (Lipinski definition) is 4. The molecule has 20 heavy (non-hydrogen) atoms. The Morgan fingerprint density at radius 2 is 2.10 bits per heavy atom. The first-order valence-electron chi connectivity index (χ1n) is 6.29. The van der Waals surface area contributed by atoms with Crippen molar-refractivity contribution in [3.63, 3.8) is 0 Å². The molecule has 0 radical (unpaired) electrons. The molecule has 2 heterocycles. The van der Waals surface area contributed by atoms with E-state index < -0.39 is 11.7 Å². The van der Waals surface area contributed by atoms with Gasteiger partial charge in [-0.1, -0.05) is 0 Å². The first kappa shape index (κ1) is 14.0. The molecule has 106 valence electrons. The Kier molecular flexibility index (Phi) is 3.74. The Labute approximate surface area is 117 Å². The number of amides is 1. The fraction of sp³-hybridized carbons (Fsp3) is 0.357. The molecule has 0 aliphatic heterocycles. The van der Waals surface area contributed by atoms with Gasteiger partial charge in [0.2, 0.25) is 0 Å². The number of anilines is 1. The minimum Gasteiger partial charge on any atom is -0.444 e. The molecule has 0 bridgehead atoms. The fourth-order valence-corrected chi connectivity index (χ4v) is 1.64. The van der Waals surface area contributed by atoms with Gasteiger partial charge in [-0.25, -0.2) is 9.78 Å². The number of pyridine rings is 1. The molecule has 1 N–H and O–H groups in total. The zero-order chi connectivity index (χ0) is 14.8. The van der Waals surface area contributed by atoms with Crippen molar-refractivity contribution < 1.29 is 9.53 Å². The molecular formula is C14H18N4O2. The molecule has 0 aliphatic carbocycles. The molecule has 0 saturated heterocycles. The van der Waals surface area contributed by atoms with Crippen LogP contribution in [0.1, 0.15) is 20.8 Å². The second-order valence-corrected chi connectivity index (χ2v) is 5.43. The van der Waals surface area contributed by atoms with Crippen LogP contribution >= 0.6 is 0 Å². The van der Waals surface area contributed by atoms with E-state index in [1.54, 1.807) is 16.9 Å². The van der Waals surface area contributed by atoms with Gasteiger partial charge in [0.1, 0.15) is 11.4 Å². The molecular weight excluding hydrogens is 256 g/mol. The van der Waals surface area contributed by atoms with E-state index in [0.29, 0.717) is 5.82 Å². The number of nitrogens with zero attached hydrogens (tertiary/aromatic N) is 3. The molecule has 6 nitrogen and oxygen atoms in total. The lowest BCUT2D eigenvalue weighted by Gasteiger charge is -2.19. The monoisotopic (exact) mass is 274 g/mol. The third-order valence-electron chi connectivity index (χ3n) is 2.40. The smallest absolute Gasteiger partial charge is 0.413 e. The molecule has 0 fully saturated rings. The predicted molar refractivity (Wildman–Crippen MR) is 76.3 cm³/mol. The molecule has 2 aromatic heterocycles. The summed E-state index contributed by atoms with van der Waals surface area (Å²) in [6, 6.07) is 5.49. The average Bonchev–Trinajstić information content (AvgIpc) is 2.73. The Balaban J connectivity index is 2.12. The van der Waals surface area contributed by atoms with Crippen LogP contribution in [0, 0.1) is 0 Å². The van der Waals surface area contributed by atoms with Gasteiger partial charge < -0.3 is 4.74 Å². The minimum atomic E-state index is -0.539. The van der Waals surface area contributed by atoms with E-state index >= 15 is 0 Å². The number of nitrogens with one attached hydrogen (secondary N) is 1. The number of rotatable bonds is 2. The third-order valence-corrected chi connectivity index (χ3v) is 2.40. The van der Waals surface area contributed by atoms with Crippen LogP contribution in [0.25, 0.3) is 11.3 Å². The molecule has 2 aromatic rings. The van der Waals surface area contributed by atoms with Gasteiger partial charge in [0.25, 0.3) is 0 Å². The number of carbonyl (C=O) groups is 1. The van der Waals surface area contributed by atoms with E-state index in [1.807, 2.05) is 46.1 Å². The summed E-state index contributed by atoms with van der Waals surface area (Å²) in [5, 5.41) is 6.91. The number of hydrogen-bond donors (Lipinski definition) is 1. The van der Waals surface area contributed by atoms with E-state index in [2.05, 4.69) is 15.4 Å². The highest BCUT2D eigenvalue weighted by atomic mass is 16.6. The summed E-state index contributed by atoms with van der Waals surface area (Å²) in [4.78, 5) is 15.8. The van der Waals surface area contributed by atoms with Gasteiger partial charge in [-0.05, 0) is 39.0 Å². The Hall–Kier alpha value is -2.37. The first-order valence-corrected chi connectivity index (χ1v) is 6.29. The van der Waals surface area contributed by atoms with Crippen LogP contribution in [0.15, 0.2) is 30.6 Å². The van der Waals surface area contributed by atoms with Gasteiger partial charge in [0.05, 0.1) is 5.69 Å². The lowest BCUT2D eigenvalue weighted by atomic mass is 10.2. The van der Waals surface area contributed by atoms with Crippen molar-refractivity contribution in [2.24, 2.45) is 7.05 Å². The SMILES string of the molecule is Cn1ccc(-c2ccnc(NC(=O)OC(C)(C)C)c2)n1. The second-order valence-electron chi connectivity index (χ2n) is 5.43. The van der Waals surface area contributed by atoms with Crippen LogP contribution < -0.4 is 5.32 Å². The van der Waals surface area contributed by atoms with Crippen molar-refractivity contribution in [1.82, 2.24) is 14.8 Å². The van der Waals surface area contributed by atoms with Crippen molar-refractivity contribution >= 4 is 11.9 Å². The largest absolute Gasteiger partial charge is 0.444 e. The van der Waals surface area contributed by atoms with Gasteiger partial charge >= 0.3 is 6.09 Å². The van der Waals surface area contributed by atoms with E-state index in [1.165, 1.54) is 0 Å². The highest BCUT2D eigenvalue weighted by Gasteiger charge is 2.16. The second kappa shape index (κ2) is 5.32. The van der Waals surface area contributed by atoms with Crippen LogP contribution in [0.2, 0.25) is 0 Å². The Morgan fingerprint density at radius 3 is 2.70 bits per heavy atom. The average molecular weight is 274 g/mol. The highest BCUT2D eigenvalue weighted by Crippen LogP contribution is 2.19. The number of aryl methyl sites for hydroxylation is 1. The maximum absolute atomic E-state index is 11.7. The molecule has 0 spiro atoms.